The van der Waals surface area contributed by atoms with Crippen LogP contribution in [0.3, 0.4) is 0 Å². The topological polar surface area (TPSA) is 57.6 Å². The normalized spacial score (nSPS) is 23.0. The van der Waals surface area contributed by atoms with E-state index in [1.165, 1.54) is 4.31 Å². The predicted octanol–water partition coefficient (Wildman–Crippen LogP) is 2.93. The highest BCUT2D eigenvalue weighted by Gasteiger charge is 2.38. The molecular formula is C16H25NO3S. The smallest absolute Gasteiger partial charge is 0.240 e. The Bertz CT molecular complexity index is 530. The predicted molar refractivity (Wildman–Crippen MR) is 85.9 cm³/mol. The molecule has 2 unspecified atom stereocenters. The summed E-state index contributed by atoms with van der Waals surface area (Å²) in [5.41, 5.74) is 0.698. The Balaban J connectivity index is 2.30. The second-order valence-electron chi connectivity index (χ2n) is 5.70. The Hall–Kier alpha value is -1.07. The Labute approximate surface area is 127 Å². The number of para-hydroxylation sites is 1. The van der Waals surface area contributed by atoms with Crippen LogP contribution in [0.4, 0.5) is 5.69 Å². The Morgan fingerprint density at radius 1 is 1.19 bits per heavy atom. The molecule has 5 heteroatoms. The van der Waals surface area contributed by atoms with Crippen LogP contribution in [0.2, 0.25) is 0 Å². The number of hydrogen-bond acceptors (Lipinski definition) is 3. The van der Waals surface area contributed by atoms with E-state index in [2.05, 4.69) is 0 Å². The molecule has 0 heterocycles. The van der Waals surface area contributed by atoms with Crippen molar-refractivity contribution in [3.05, 3.63) is 30.3 Å². The minimum Gasteiger partial charge on any atom is -0.392 e. The average molecular weight is 311 g/mol. The third-order valence-corrected chi connectivity index (χ3v) is 6.44. The molecule has 4 nitrogen and oxygen atoms in total. The van der Waals surface area contributed by atoms with Gasteiger partial charge in [0.1, 0.15) is 5.25 Å². The number of sulfonamides is 1. The molecular weight excluding hydrogens is 286 g/mol. The van der Waals surface area contributed by atoms with Gasteiger partial charge in [0.05, 0.1) is 11.8 Å². The zero-order chi connectivity index (χ0) is 15.3. The van der Waals surface area contributed by atoms with Crippen LogP contribution >= 0.6 is 0 Å². The van der Waals surface area contributed by atoms with Crippen molar-refractivity contribution in [3.63, 3.8) is 0 Å². The van der Waals surface area contributed by atoms with Gasteiger partial charge in [-0.15, -0.1) is 0 Å². The number of anilines is 1. The molecule has 118 valence electrons. The van der Waals surface area contributed by atoms with E-state index < -0.39 is 21.4 Å². The quantitative estimate of drug-likeness (QED) is 0.879. The molecule has 0 radical (unpaired) electrons. The van der Waals surface area contributed by atoms with Gasteiger partial charge in [-0.05, 0) is 31.4 Å². The van der Waals surface area contributed by atoms with Crippen molar-refractivity contribution >= 4 is 15.7 Å². The summed E-state index contributed by atoms with van der Waals surface area (Å²) in [6, 6.07) is 9.22. The number of benzene rings is 1. The van der Waals surface area contributed by atoms with Gasteiger partial charge in [0.15, 0.2) is 0 Å². The van der Waals surface area contributed by atoms with Crippen LogP contribution in [0.15, 0.2) is 30.3 Å². The second kappa shape index (κ2) is 7.27. The average Bonchev–Trinajstić information content (AvgIpc) is 2.49. The van der Waals surface area contributed by atoms with E-state index in [1.54, 1.807) is 0 Å². The Kier molecular flexibility index (Phi) is 5.65. The standard InChI is InChI=1S/C16H25NO3S/c1-2-3-13-17(14-9-5-4-6-10-14)21(19,20)16-12-8-7-11-15(16)18/h4-6,9-10,15-16,18H,2-3,7-8,11-13H2,1H3. The lowest BCUT2D eigenvalue weighted by Crippen LogP contribution is -2.46. The zero-order valence-electron chi connectivity index (χ0n) is 12.6. The maximum absolute atomic E-state index is 13.0. The van der Waals surface area contributed by atoms with Crippen LogP contribution in [-0.4, -0.2) is 31.4 Å². The van der Waals surface area contributed by atoms with Crippen molar-refractivity contribution in [2.45, 2.75) is 56.8 Å². The number of unbranched alkanes of at least 4 members (excludes halogenated alkanes) is 1. The van der Waals surface area contributed by atoms with Crippen molar-refractivity contribution in [2.24, 2.45) is 0 Å². The maximum Gasteiger partial charge on any atom is 0.240 e. The summed E-state index contributed by atoms with van der Waals surface area (Å²) in [5, 5.41) is 9.46. The van der Waals surface area contributed by atoms with Crippen LogP contribution in [-0.2, 0) is 10.0 Å². The van der Waals surface area contributed by atoms with Crippen LogP contribution in [0.25, 0.3) is 0 Å². The van der Waals surface area contributed by atoms with Gasteiger partial charge in [0.2, 0.25) is 10.0 Å². The molecule has 0 saturated heterocycles. The number of hydrogen-bond donors (Lipinski definition) is 1. The summed E-state index contributed by atoms with van der Waals surface area (Å²) in [6.07, 6.45) is 3.93. The minimum absolute atomic E-state index is 0.478. The molecule has 1 saturated carbocycles. The first-order valence-corrected chi connectivity index (χ1v) is 9.32. The molecule has 21 heavy (non-hydrogen) atoms. The highest BCUT2D eigenvalue weighted by Crippen LogP contribution is 2.29. The van der Waals surface area contributed by atoms with Crippen LogP contribution in [0.5, 0.6) is 0 Å². The van der Waals surface area contributed by atoms with Crippen LogP contribution in [0, 0.1) is 0 Å². The van der Waals surface area contributed by atoms with E-state index in [-0.39, 0.29) is 0 Å². The fourth-order valence-corrected chi connectivity index (χ4v) is 5.01. The largest absolute Gasteiger partial charge is 0.392 e. The molecule has 0 aromatic heterocycles. The number of nitrogens with zero attached hydrogens (tertiary/aromatic N) is 1. The molecule has 1 fully saturated rings. The molecule has 2 atom stereocenters. The summed E-state index contributed by atoms with van der Waals surface area (Å²) in [5.74, 6) is 0. The first-order valence-electron chi connectivity index (χ1n) is 7.82. The first-order chi connectivity index (χ1) is 10.1. The molecule has 1 aliphatic carbocycles. The fraction of sp³-hybridized carbons (Fsp3) is 0.625. The van der Waals surface area contributed by atoms with Gasteiger partial charge in [-0.3, -0.25) is 4.31 Å². The number of aliphatic hydroxyl groups is 1. The molecule has 1 aromatic rings. The lowest BCUT2D eigenvalue weighted by Gasteiger charge is -2.33. The summed E-state index contributed by atoms with van der Waals surface area (Å²) in [4.78, 5) is 0. The number of aliphatic hydroxyl groups excluding tert-OH is 1. The van der Waals surface area contributed by atoms with Crippen LogP contribution < -0.4 is 4.31 Å². The summed E-state index contributed by atoms with van der Waals surface area (Å²) >= 11 is 0. The van der Waals surface area contributed by atoms with Crippen LogP contribution in [0.1, 0.15) is 45.4 Å². The van der Waals surface area contributed by atoms with Gasteiger partial charge >= 0.3 is 0 Å². The Morgan fingerprint density at radius 2 is 1.86 bits per heavy atom. The van der Waals surface area contributed by atoms with Crippen molar-refractivity contribution < 1.29 is 13.5 Å². The van der Waals surface area contributed by atoms with Gasteiger partial charge in [0.25, 0.3) is 0 Å². The molecule has 0 aliphatic heterocycles. The third-order valence-electron chi connectivity index (χ3n) is 4.12. The number of rotatable bonds is 6. The van der Waals surface area contributed by atoms with E-state index >= 15 is 0 Å². The second-order valence-corrected chi connectivity index (χ2v) is 7.77. The first kappa shape index (κ1) is 16.3. The highest BCUT2D eigenvalue weighted by molar-refractivity contribution is 7.93. The van der Waals surface area contributed by atoms with E-state index in [0.717, 1.165) is 25.7 Å². The van der Waals surface area contributed by atoms with Crippen molar-refractivity contribution in [1.82, 2.24) is 0 Å². The highest BCUT2D eigenvalue weighted by atomic mass is 32.2. The monoisotopic (exact) mass is 311 g/mol. The molecule has 2 rings (SSSR count). The van der Waals surface area contributed by atoms with Gasteiger partial charge in [0, 0.05) is 6.54 Å². The molecule has 1 aliphatic rings. The zero-order valence-corrected chi connectivity index (χ0v) is 13.4. The fourth-order valence-electron chi connectivity index (χ4n) is 2.89. The maximum atomic E-state index is 13.0. The molecule has 0 bridgehead atoms. The summed E-state index contributed by atoms with van der Waals surface area (Å²) < 4.78 is 27.4. The van der Waals surface area contributed by atoms with Gasteiger partial charge in [-0.2, -0.15) is 0 Å². The molecule has 1 aromatic carbocycles. The van der Waals surface area contributed by atoms with E-state index in [0.29, 0.717) is 25.1 Å². The summed E-state index contributed by atoms with van der Waals surface area (Å²) in [6.45, 7) is 2.53. The lowest BCUT2D eigenvalue weighted by atomic mass is 9.97. The summed E-state index contributed by atoms with van der Waals surface area (Å²) in [7, 11) is -3.52. The molecule has 0 spiro atoms. The van der Waals surface area contributed by atoms with Crippen molar-refractivity contribution in [3.8, 4) is 0 Å². The lowest BCUT2D eigenvalue weighted by molar-refractivity contribution is 0.133. The van der Waals surface area contributed by atoms with E-state index in [4.69, 9.17) is 0 Å². The SMILES string of the molecule is CCCCN(c1ccccc1)S(=O)(=O)C1CCCCC1O. The van der Waals surface area contributed by atoms with Gasteiger partial charge in [-0.1, -0.05) is 44.4 Å². The van der Waals surface area contributed by atoms with Crippen molar-refractivity contribution in [2.75, 3.05) is 10.8 Å². The van der Waals surface area contributed by atoms with Crippen molar-refractivity contribution in [1.29, 1.82) is 0 Å². The molecule has 1 N–H and O–H groups in total. The van der Waals surface area contributed by atoms with Gasteiger partial charge < -0.3 is 5.11 Å². The third kappa shape index (κ3) is 3.77. The van der Waals surface area contributed by atoms with E-state index in [1.807, 2.05) is 37.3 Å². The molecule has 0 amide bonds. The van der Waals surface area contributed by atoms with E-state index in [9.17, 15) is 13.5 Å². The minimum atomic E-state index is -3.52. The Morgan fingerprint density at radius 3 is 2.48 bits per heavy atom. The van der Waals surface area contributed by atoms with Gasteiger partial charge in [-0.25, -0.2) is 8.42 Å².